The number of hydrogen-bond acceptors (Lipinski definition) is 3. The zero-order valence-corrected chi connectivity index (χ0v) is 16.1. The van der Waals surface area contributed by atoms with Gasteiger partial charge >= 0.3 is 0 Å². The lowest BCUT2D eigenvalue weighted by molar-refractivity contribution is -0.122. The fourth-order valence-electron chi connectivity index (χ4n) is 2.32. The fourth-order valence-corrected chi connectivity index (χ4v) is 2.78. The highest BCUT2D eigenvalue weighted by atomic mass is 35.5. The molecule has 25 heavy (non-hydrogen) atoms. The third kappa shape index (κ3) is 4.39. The van der Waals surface area contributed by atoms with E-state index in [-0.39, 0.29) is 22.4 Å². The lowest BCUT2D eigenvalue weighted by Crippen LogP contribution is -2.32. The number of anilines is 1. The van der Waals surface area contributed by atoms with Crippen LogP contribution in [0.15, 0.2) is 24.3 Å². The Morgan fingerprint density at radius 2 is 1.92 bits per heavy atom. The molecule has 0 saturated heterocycles. The van der Waals surface area contributed by atoms with E-state index in [4.69, 9.17) is 27.9 Å². The summed E-state index contributed by atoms with van der Waals surface area (Å²) in [6.45, 7) is 7.42. The quantitative estimate of drug-likeness (QED) is 0.679. The molecule has 0 aliphatic rings. The topological polar surface area (TPSA) is 58.6 Å². The lowest BCUT2D eigenvalue weighted by Gasteiger charge is -2.20. The van der Waals surface area contributed by atoms with E-state index in [0.717, 1.165) is 11.1 Å². The molecule has 1 atom stereocenters. The van der Waals surface area contributed by atoms with Gasteiger partial charge in [0.1, 0.15) is 5.75 Å². The van der Waals surface area contributed by atoms with Crippen LogP contribution in [0, 0.1) is 20.8 Å². The summed E-state index contributed by atoms with van der Waals surface area (Å²) in [5.74, 6) is 0.0689. The molecule has 0 heterocycles. The maximum Gasteiger partial charge on any atom is 0.265 e. The number of carbonyl (C=O) groups excluding carboxylic acids is 1. The summed E-state index contributed by atoms with van der Waals surface area (Å²) >= 11 is 12.1. The van der Waals surface area contributed by atoms with Crippen molar-refractivity contribution in [3.8, 4) is 11.5 Å². The average molecular weight is 382 g/mol. The molecule has 2 N–H and O–H groups in total. The molecule has 0 saturated carbocycles. The Morgan fingerprint density at radius 3 is 2.56 bits per heavy atom. The highest BCUT2D eigenvalue weighted by molar-refractivity contribution is 6.37. The number of carbonyl (C=O) groups is 1. The number of hydrogen-bond donors (Lipinski definition) is 2. The van der Waals surface area contributed by atoms with Gasteiger partial charge in [-0.15, -0.1) is 0 Å². The van der Waals surface area contributed by atoms with E-state index in [0.29, 0.717) is 22.8 Å². The number of phenolic OH excluding ortho intramolecular Hbond substituents is 1. The van der Waals surface area contributed by atoms with Crippen LogP contribution in [0.1, 0.15) is 30.0 Å². The first-order valence-electron chi connectivity index (χ1n) is 7.96. The Hall–Kier alpha value is -1.91. The minimum Gasteiger partial charge on any atom is -0.504 e. The molecule has 0 aliphatic heterocycles. The number of phenols is 1. The van der Waals surface area contributed by atoms with Gasteiger partial charge in [0.25, 0.3) is 5.91 Å². The number of aryl methyl sites for hydroxylation is 2. The molecule has 2 rings (SSSR count). The summed E-state index contributed by atoms with van der Waals surface area (Å²) in [7, 11) is 0. The van der Waals surface area contributed by atoms with Gasteiger partial charge in [-0.3, -0.25) is 4.79 Å². The van der Waals surface area contributed by atoms with Gasteiger partial charge in [-0.2, -0.15) is 0 Å². The molecule has 0 bridgehead atoms. The van der Waals surface area contributed by atoms with E-state index in [1.165, 1.54) is 6.07 Å². The van der Waals surface area contributed by atoms with Crippen LogP contribution in [0.4, 0.5) is 5.69 Å². The van der Waals surface area contributed by atoms with Gasteiger partial charge in [0, 0.05) is 5.02 Å². The summed E-state index contributed by atoms with van der Waals surface area (Å²) in [6.07, 6.45) is -0.244. The Labute approximate surface area is 157 Å². The van der Waals surface area contributed by atoms with E-state index in [2.05, 4.69) is 5.32 Å². The molecule has 1 unspecified atom stereocenters. The standard InChI is InChI=1S/C19H21Cl2NO3/c1-5-15(25-16-8-10(2)6-7-11(16)3)19(24)22-14-9-13(20)12(4)17(21)18(14)23/h6-9,15,23H,5H2,1-4H3,(H,22,24). The molecule has 0 radical (unpaired) electrons. The van der Waals surface area contributed by atoms with E-state index >= 15 is 0 Å². The van der Waals surface area contributed by atoms with Crippen molar-refractivity contribution in [3.05, 3.63) is 51.0 Å². The summed E-state index contributed by atoms with van der Waals surface area (Å²) in [5.41, 5.74) is 2.71. The van der Waals surface area contributed by atoms with Crippen LogP contribution in [-0.4, -0.2) is 17.1 Å². The van der Waals surface area contributed by atoms with E-state index in [9.17, 15) is 9.90 Å². The van der Waals surface area contributed by atoms with Crippen LogP contribution < -0.4 is 10.1 Å². The number of halogens is 2. The minimum atomic E-state index is -0.709. The summed E-state index contributed by atoms with van der Waals surface area (Å²) < 4.78 is 5.87. The second-order valence-corrected chi connectivity index (χ2v) is 6.75. The van der Waals surface area contributed by atoms with Crippen LogP contribution in [-0.2, 0) is 4.79 Å². The highest BCUT2D eigenvalue weighted by Crippen LogP contribution is 2.39. The zero-order chi connectivity index (χ0) is 18.7. The van der Waals surface area contributed by atoms with Crippen molar-refractivity contribution in [1.82, 2.24) is 0 Å². The molecule has 4 nitrogen and oxygen atoms in total. The largest absolute Gasteiger partial charge is 0.504 e. The maximum atomic E-state index is 12.6. The second kappa shape index (κ2) is 7.98. The van der Waals surface area contributed by atoms with Gasteiger partial charge < -0.3 is 15.2 Å². The molecule has 0 fully saturated rings. The van der Waals surface area contributed by atoms with E-state index < -0.39 is 6.10 Å². The molecule has 1 amide bonds. The Morgan fingerprint density at radius 1 is 1.24 bits per heavy atom. The van der Waals surface area contributed by atoms with Gasteiger partial charge in [-0.1, -0.05) is 42.3 Å². The fraction of sp³-hybridized carbons (Fsp3) is 0.316. The second-order valence-electron chi connectivity index (χ2n) is 5.97. The van der Waals surface area contributed by atoms with Crippen molar-refractivity contribution in [3.63, 3.8) is 0 Å². The van der Waals surface area contributed by atoms with Crippen molar-refractivity contribution in [2.75, 3.05) is 5.32 Å². The molecule has 134 valence electrons. The van der Waals surface area contributed by atoms with Crippen molar-refractivity contribution >= 4 is 34.8 Å². The lowest BCUT2D eigenvalue weighted by atomic mass is 10.1. The van der Waals surface area contributed by atoms with Crippen molar-refractivity contribution in [1.29, 1.82) is 0 Å². The van der Waals surface area contributed by atoms with Gasteiger partial charge in [0.05, 0.1) is 10.7 Å². The summed E-state index contributed by atoms with van der Waals surface area (Å²) in [4.78, 5) is 12.6. The first kappa shape index (κ1) is 19.4. The van der Waals surface area contributed by atoms with Crippen LogP contribution in [0.5, 0.6) is 11.5 Å². The summed E-state index contributed by atoms with van der Waals surface area (Å²) in [6, 6.07) is 7.29. The molecule has 0 aromatic heterocycles. The predicted octanol–water partition coefficient (Wildman–Crippen LogP) is 5.42. The van der Waals surface area contributed by atoms with Crippen LogP contribution in [0.3, 0.4) is 0 Å². The van der Waals surface area contributed by atoms with Crippen molar-refractivity contribution < 1.29 is 14.6 Å². The third-order valence-corrected chi connectivity index (χ3v) is 4.81. The first-order chi connectivity index (χ1) is 11.7. The SMILES string of the molecule is CCC(Oc1cc(C)ccc1C)C(=O)Nc1cc(Cl)c(C)c(Cl)c1O. The number of nitrogens with one attached hydrogen (secondary N) is 1. The third-order valence-electron chi connectivity index (χ3n) is 3.96. The Bertz CT molecular complexity index is 806. The van der Waals surface area contributed by atoms with Crippen LogP contribution in [0.25, 0.3) is 0 Å². The van der Waals surface area contributed by atoms with Crippen LogP contribution >= 0.6 is 23.2 Å². The molecular formula is C19H21Cl2NO3. The maximum absolute atomic E-state index is 12.6. The molecule has 0 aliphatic carbocycles. The zero-order valence-electron chi connectivity index (χ0n) is 14.6. The van der Waals surface area contributed by atoms with Gasteiger partial charge in [-0.05, 0) is 56.0 Å². The smallest absolute Gasteiger partial charge is 0.265 e. The van der Waals surface area contributed by atoms with E-state index in [1.54, 1.807) is 6.92 Å². The number of rotatable bonds is 5. The number of ether oxygens (including phenoxy) is 1. The van der Waals surface area contributed by atoms with E-state index in [1.807, 2.05) is 39.0 Å². The van der Waals surface area contributed by atoms with Gasteiger partial charge in [0.15, 0.2) is 11.9 Å². The highest BCUT2D eigenvalue weighted by Gasteiger charge is 2.22. The normalized spacial score (nSPS) is 11.9. The van der Waals surface area contributed by atoms with Crippen molar-refractivity contribution in [2.45, 2.75) is 40.2 Å². The van der Waals surface area contributed by atoms with Gasteiger partial charge in [-0.25, -0.2) is 0 Å². The molecule has 2 aromatic rings. The minimum absolute atomic E-state index is 0.117. The molecule has 0 spiro atoms. The first-order valence-corrected chi connectivity index (χ1v) is 8.72. The van der Waals surface area contributed by atoms with Crippen molar-refractivity contribution in [2.24, 2.45) is 0 Å². The average Bonchev–Trinajstić information content (AvgIpc) is 2.58. The number of benzene rings is 2. The predicted molar refractivity (Wildman–Crippen MR) is 102 cm³/mol. The summed E-state index contributed by atoms with van der Waals surface area (Å²) in [5, 5.41) is 13.3. The monoisotopic (exact) mass is 381 g/mol. The number of aromatic hydroxyl groups is 1. The van der Waals surface area contributed by atoms with Crippen LogP contribution in [0.2, 0.25) is 10.0 Å². The molecule has 2 aromatic carbocycles. The van der Waals surface area contributed by atoms with Gasteiger partial charge in [0.2, 0.25) is 0 Å². The Kier molecular flexibility index (Phi) is 6.20. The Balaban J connectivity index is 2.22. The molecule has 6 heteroatoms. The number of amides is 1. The molecular weight excluding hydrogens is 361 g/mol.